The van der Waals surface area contributed by atoms with E-state index in [9.17, 15) is 0 Å². The van der Waals surface area contributed by atoms with Crippen molar-refractivity contribution in [3.8, 4) is 5.75 Å². The average molecular weight is 248 g/mol. The molecule has 90 valence electrons. The Bertz CT molecular complexity index is 517. The number of fused-ring (bicyclic) bond motifs is 1. The van der Waals surface area contributed by atoms with Gasteiger partial charge in [-0.3, -0.25) is 0 Å². The molecule has 4 heteroatoms. The van der Waals surface area contributed by atoms with Gasteiger partial charge in [-0.15, -0.1) is 0 Å². The molecule has 1 aliphatic heterocycles. The third-order valence-corrected chi connectivity index (χ3v) is 4.60. The Morgan fingerprint density at radius 2 is 2.41 bits per heavy atom. The minimum Gasteiger partial charge on any atom is -0.493 e. The summed E-state index contributed by atoms with van der Waals surface area (Å²) < 4.78 is 7.40. The number of pyridine rings is 1. The molecular formula is C13H16N2OS. The van der Waals surface area contributed by atoms with E-state index in [4.69, 9.17) is 9.72 Å². The summed E-state index contributed by atoms with van der Waals surface area (Å²) in [5.41, 5.74) is 2.12. The van der Waals surface area contributed by atoms with E-state index in [0.29, 0.717) is 5.25 Å². The van der Waals surface area contributed by atoms with Crippen LogP contribution in [0.5, 0.6) is 5.75 Å². The largest absolute Gasteiger partial charge is 0.493 e. The molecular weight excluding hydrogens is 232 g/mol. The molecule has 0 spiro atoms. The minimum atomic E-state index is 0.563. The second-order valence-corrected chi connectivity index (χ2v) is 5.64. The first kappa shape index (κ1) is 11.0. The van der Waals surface area contributed by atoms with Crippen LogP contribution in [-0.4, -0.2) is 22.2 Å². The van der Waals surface area contributed by atoms with Crippen LogP contribution in [0.4, 0.5) is 0 Å². The Hall–Kier alpha value is -1.16. The molecule has 2 aromatic rings. The Balaban J connectivity index is 2.00. The first-order valence-electron chi connectivity index (χ1n) is 6.01. The molecule has 3 nitrogen and oxygen atoms in total. The van der Waals surface area contributed by atoms with E-state index in [0.717, 1.165) is 11.4 Å². The molecule has 0 N–H and O–H groups in total. The number of ether oxygens (including phenoxy) is 1. The molecule has 1 unspecified atom stereocenters. The molecule has 0 aromatic carbocycles. The summed E-state index contributed by atoms with van der Waals surface area (Å²) in [7, 11) is 1.69. The van der Waals surface area contributed by atoms with Gasteiger partial charge in [0.15, 0.2) is 11.4 Å². The highest BCUT2D eigenvalue weighted by molar-refractivity contribution is 7.99. The molecule has 0 amide bonds. The van der Waals surface area contributed by atoms with E-state index in [1.807, 2.05) is 30.1 Å². The van der Waals surface area contributed by atoms with Crippen molar-refractivity contribution < 1.29 is 4.74 Å². The van der Waals surface area contributed by atoms with Gasteiger partial charge in [0.1, 0.15) is 0 Å². The number of imidazole rings is 1. The van der Waals surface area contributed by atoms with Gasteiger partial charge >= 0.3 is 0 Å². The van der Waals surface area contributed by atoms with E-state index >= 15 is 0 Å². The van der Waals surface area contributed by atoms with E-state index < -0.39 is 0 Å². The maximum absolute atomic E-state index is 5.34. The van der Waals surface area contributed by atoms with E-state index in [1.165, 1.54) is 30.7 Å². The van der Waals surface area contributed by atoms with Gasteiger partial charge in [0.05, 0.1) is 12.8 Å². The second kappa shape index (κ2) is 4.61. The summed E-state index contributed by atoms with van der Waals surface area (Å²) in [4.78, 5) is 4.72. The van der Waals surface area contributed by atoms with Crippen molar-refractivity contribution in [1.29, 1.82) is 0 Å². The van der Waals surface area contributed by atoms with Gasteiger partial charge in [-0.2, -0.15) is 11.8 Å². The van der Waals surface area contributed by atoms with Crippen molar-refractivity contribution in [2.75, 3.05) is 12.9 Å². The van der Waals surface area contributed by atoms with E-state index in [-0.39, 0.29) is 0 Å². The van der Waals surface area contributed by atoms with Crippen LogP contribution in [0.1, 0.15) is 30.2 Å². The summed E-state index contributed by atoms with van der Waals surface area (Å²) in [6, 6.07) is 3.95. The lowest BCUT2D eigenvalue weighted by atomic mass is 10.1. The van der Waals surface area contributed by atoms with Crippen LogP contribution in [0.25, 0.3) is 5.65 Å². The Morgan fingerprint density at radius 3 is 3.18 bits per heavy atom. The average Bonchev–Trinajstić information content (AvgIpc) is 2.83. The van der Waals surface area contributed by atoms with Crippen molar-refractivity contribution in [2.45, 2.75) is 24.5 Å². The summed E-state index contributed by atoms with van der Waals surface area (Å²) in [6.07, 6.45) is 8.08. The molecule has 0 aliphatic carbocycles. The Kier molecular flexibility index (Phi) is 2.97. The molecule has 0 saturated carbocycles. The number of methoxy groups -OCH3 is 1. The van der Waals surface area contributed by atoms with Crippen molar-refractivity contribution in [2.24, 2.45) is 0 Å². The quantitative estimate of drug-likeness (QED) is 0.815. The topological polar surface area (TPSA) is 26.5 Å². The first-order valence-corrected chi connectivity index (χ1v) is 7.06. The Morgan fingerprint density at radius 1 is 1.47 bits per heavy atom. The molecule has 3 rings (SSSR count). The van der Waals surface area contributed by atoms with Crippen molar-refractivity contribution in [1.82, 2.24) is 9.38 Å². The summed E-state index contributed by atoms with van der Waals surface area (Å²) in [5.74, 6) is 2.11. The third kappa shape index (κ3) is 2.02. The fourth-order valence-electron chi connectivity index (χ4n) is 2.29. The van der Waals surface area contributed by atoms with Crippen LogP contribution in [0, 0.1) is 0 Å². The van der Waals surface area contributed by atoms with Gasteiger partial charge in [-0.1, -0.05) is 6.42 Å². The number of nitrogens with zero attached hydrogens (tertiary/aromatic N) is 2. The normalized spacial score (nSPS) is 20.6. The van der Waals surface area contributed by atoms with Crippen LogP contribution < -0.4 is 4.74 Å². The maximum Gasteiger partial charge on any atom is 0.179 e. The number of thioether (sulfide) groups is 1. The number of hydrogen-bond acceptors (Lipinski definition) is 3. The van der Waals surface area contributed by atoms with Crippen molar-refractivity contribution in [3.63, 3.8) is 0 Å². The molecule has 1 fully saturated rings. The van der Waals surface area contributed by atoms with Crippen LogP contribution in [0.15, 0.2) is 24.5 Å². The van der Waals surface area contributed by atoms with Gasteiger partial charge in [0, 0.05) is 17.6 Å². The predicted octanol–water partition coefficient (Wildman–Crippen LogP) is 3.30. The third-order valence-electron chi connectivity index (χ3n) is 3.20. The summed E-state index contributed by atoms with van der Waals surface area (Å²) in [5, 5.41) is 0.563. The lowest BCUT2D eigenvalue weighted by molar-refractivity contribution is 0.417. The molecule has 2 aromatic heterocycles. The van der Waals surface area contributed by atoms with Crippen LogP contribution >= 0.6 is 11.8 Å². The van der Waals surface area contributed by atoms with Crippen molar-refractivity contribution in [3.05, 3.63) is 30.2 Å². The molecule has 1 atom stereocenters. The lowest BCUT2D eigenvalue weighted by Gasteiger charge is -2.18. The fraction of sp³-hybridized carbons (Fsp3) is 0.462. The lowest BCUT2D eigenvalue weighted by Crippen LogP contribution is -2.02. The fourth-order valence-corrected chi connectivity index (χ4v) is 3.57. The van der Waals surface area contributed by atoms with Crippen molar-refractivity contribution >= 4 is 17.4 Å². The molecule has 1 saturated heterocycles. The molecule has 1 aliphatic rings. The van der Waals surface area contributed by atoms with Gasteiger partial charge < -0.3 is 9.14 Å². The van der Waals surface area contributed by atoms with E-state index in [1.54, 1.807) is 7.11 Å². The maximum atomic E-state index is 5.34. The number of aromatic nitrogens is 2. The predicted molar refractivity (Wildman–Crippen MR) is 70.8 cm³/mol. The zero-order valence-electron chi connectivity index (χ0n) is 9.93. The second-order valence-electron chi connectivity index (χ2n) is 4.33. The van der Waals surface area contributed by atoms with Gasteiger partial charge in [0.25, 0.3) is 0 Å². The SMILES string of the molecule is COc1cccn2cc(C3CCCCS3)nc12. The highest BCUT2D eigenvalue weighted by Crippen LogP contribution is 2.38. The molecule has 0 bridgehead atoms. The Labute approximate surface area is 105 Å². The summed E-state index contributed by atoms with van der Waals surface area (Å²) >= 11 is 2.03. The zero-order chi connectivity index (χ0) is 11.7. The van der Waals surface area contributed by atoms with Crippen LogP contribution in [0.2, 0.25) is 0 Å². The van der Waals surface area contributed by atoms with Gasteiger partial charge in [-0.05, 0) is 30.7 Å². The smallest absolute Gasteiger partial charge is 0.179 e. The highest BCUT2D eigenvalue weighted by Gasteiger charge is 2.19. The van der Waals surface area contributed by atoms with Gasteiger partial charge in [-0.25, -0.2) is 4.98 Å². The van der Waals surface area contributed by atoms with Crippen LogP contribution in [0.3, 0.4) is 0 Å². The summed E-state index contributed by atoms with van der Waals surface area (Å²) in [6.45, 7) is 0. The molecule has 17 heavy (non-hydrogen) atoms. The molecule has 3 heterocycles. The molecule has 0 radical (unpaired) electrons. The monoisotopic (exact) mass is 248 g/mol. The number of hydrogen-bond donors (Lipinski definition) is 0. The number of rotatable bonds is 2. The zero-order valence-corrected chi connectivity index (χ0v) is 10.7. The highest BCUT2D eigenvalue weighted by atomic mass is 32.2. The van der Waals surface area contributed by atoms with E-state index in [2.05, 4.69) is 10.6 Å². The minimum absolute atomic E-state index is 0.563. The van der Waals surface area contributed by atoms with Gasteiger partial charge in [0.2, 0.25) is 0 Å². The standard InChI is InChI=1S/C13H16N2OS/c1-16-11-5-4-7-15-9-10(14-13(11)15)12-6-2-3-8-17-12/h4-5,7,9,12H,2-3,6,8H2,1H3. The first-order chi connectivity index (χ1) is 8.38. The van der Waals surface area contributed by atoms with Crippen LogP contribution in [-0.2, 0) is 0 Å².